The summed E-state index contributed by atoms with van der Waals surface area (Å²) in [6.45, 7) is -0.0592. The van der Waals surface area contributed by atoms with E-state index in [0.29, 0.717) is 30.6 Å². The van der Waals surface area contributed by atoms with Crippen molar-refractivity contribution < 1.29 is 37.0 Å². The number of primary amides is 1. The summed E-state index contributed by atoms with van der Waals surface area (Å²) in [7, 11) is 1.34. The van der Waals surface area contributed by atoms with E-state index < -0.39 is 24.8 Å². The number of fused-ring (bicyclic) bond motifs is 1. The monoisotopic (exact) mass is 458 g/mol. The van der Waals surface area contributed by atoms with Gasteiger partial charge in [0.15, 0.2) is 18.1 Å². The van der Waals surface area contributed by atoms with E-state index in [1.807, 2.05) is 0 Å². The van der Waals surface area contributed by atoms with E-state index in [4.69, 9.17) is 26.8 Å². The van der Waals surface area contributed by atoms with Crippen molar-refractivity contribution in [3.8, 4) is 17.2 Å². The number of carbonyl (C=O) groups excluding carboxylic acids is 2. The summed E-state index contributed by atoms with van der Waals surface area (Å²) in [5.74, 6) is -1.29. The van der Waals surface area contributed by atoms with Crippen LogP contribution in [0.2, 0.25) is 5.02 Å². The standard InChI is InChI=1S/C20H18ClF3N2O5/c1-29-16-9-12(8-14(21)18(16)30-10-17(25)27)19(28)26-6-2-3-11-7-13(4-5-15(11)26)31-20(22,23)24/h4-5,7-9H,2-3,6,10H2,1H3,(H2,25,27). The number of amides is 2. The van der Waals surface area contributed by atoms with Crippen molar-refractivity contribution in [2.45, 2.75) is 19.2 Å². The summed E-state index contributed by atoms with van der Waals surface area (Å²) < 4.78 is 51.9. The van der Waals surface area contributed by atoms with Gasteiger partial charge in [0.1, 0.15) is 5.75 Å². The summed E-state index contributed by atoms with van der Waals surface area (Å²) >= 11 is 6.21. The lowest BCUT2D eigenvalue weighted by Gasteiger charge is -2.30. The molecule has 1 aliphatic rings. The fourth-order valence-electron chi connectivity index (χ4n) is 3.26. The van der Waals surface area contributed by atoms with Crippen LogP contribution in [-0.4, -0.2) is 38.4 Å². The van der Waals surface area contributed by atoms with Crippen molar-refractivity contribution in [2.24, 2.45) is 5.73 Å². The van der Waals surface area contributed by atoms with Crippen LogP contribution in [-0.2, 0) is 11.2 Å². The highest BCUT2D eigenvalue weighted by Gasteiger charge is 2.32. The van der Waals surface area contributed by atoms with Gasteiger partial charge in [0.05, 0.1) is 12.1 Å². The zero-order chi connectivity index (χ0) is 22.8. The van der Waals surface area contributed by atoms with Gasteiger partial charge < -0.3 is 24.8 Å². The molecule has 0 spiro atoms. The Morgan fingerprint density at radius 3 is 2.61 bits per heavy atom. The average Bonchev–Trinajstić information content (AvgIpc) is 2.69. The first-order valence-corrected chi connectivity index (χ1v) is 9.46. The lowest BCUT2D eigenvalue weighted by Crippen LogP contribution is -2.35. The van der Waals surface area contributed by atoms with Crippen LogP contribution >= 0.6 is 11.6 Å². The minimum absolute atomic E-state index is 0.0371. The normalized spacial score (nSPS) is 13.4. The molecule has 166 valence electrons. The molecule has 0 bridgehead atoms. The number of aryl methyl sites for hydroxylation is 1. The van der Waals surface area contributed by atoms with E-state index in [-0.39, 0.29) is 27.8 Å². The molecule has 2 aromatic rings. The highest BCUT2D eigenvalue weighted by atomic mass is 35.5. The number of benzene rings is 2. The van der Waals surface area contributed by atoms with Gasteiger partial charge >= 0.3 is 6.36 Å². The fraction of sp³-hybridized carbons (Fsp3) is 0.300. The minimum Gasteiger partial charge on any atom is -0.493 e. The van der Waals surface area contributed by atoms with E-state index >= 15 is 0 Å². The van der Waals surface area contributed by atoms with E-state index in [1.54, 1.807) is 0 Å². The highest BCUT2D eigenvalue weighted by molar-refractivity contribution is 6.33. The molecule has 0 radical (unpaired) electrons. The maximum absolute atomic E-state index is 13.2. The maximum atomic E-state index is 13.2. The largest absolute Gasteiger partial charge is 0.573 e. The van der Waals surface area contributed by atoms with Crippen LogP contribution in [0.1, 0.15) is 22.3 Å². The number of nitrogens with zero attached hydrogens (tertiary/aromatic N) is 1. The number of ether oxygens (including phenoxy) is 3. The summed E-state index contributed by atoms with van der Waals surface area (Å²) in [4.78, 5) is 25.6. The Bertz CT molecular complexity index is 1010. The molecular weight excluding hydrogens is 441 g/mol. The molecule has 0 saturated heterocycles. The zero-order valence-corrected chi connectivity index (χ0v) is 17.0. The van der Waals surface area contributed by atoms with Gasteiger partial charge in [-0.3, -0.25) is 9.59 Å². The number of halogens is 4. The molecule has 0 saturated carbocycles. The molecule has 3 rings (SSSR count). The second kappa shape index (κ2) is 8.93. The van der Waals surface area contributed by atoms with Crippen molar-refractivity contribution in [2.75, 3.05) is 25.2 Å². The van der Waals surface area contributed by atoms with Crippen LogP contribution in [0, 0.1) is 0 Å². The number of anilines is 1. The van der Waals surface area contributed by atoms with E-state index in [9.17, 15) is 22.8 Å². The number of methoxy groups -OCH3 is 1. The van der Waals surface area contributed by atoms with Crippen molar-refractivity contribution in [3.63, 3.8) is 0 Å². The molecule has 7 nitrogen and oxygen atoms in total. The second-order valence-corrected chi connectivity index (χ2v) is 7.05. The summed E-state index contributed by atoms with van der Waals surface area (Å²) in [6, 6.07) is 6.61. The first-order chi connectivity index (χ1) is 14.6. The Morgan fingerprint density at radius 2 is 1.97 bits per heavy atom. The van der Waals surface area contributed by atoms with Crippen LogP contribution in [0.15, 0.2) is 30.3 Å². The molecule has 2 aromatic carbocycles. The van der Waals surface area contributed by atoms with Crippen LogP contribution < -0.4 is 24.8 Å². The van der Waals surface area contributed by atoms with Crippen LogP contribution in [0.3, 0.4) is 0 Å². The molecule has 1 aliphatic heterocycles. The molecule has 0 atom stereocenters. The molecule has 31 heavy (non-hydrogen) atoms. The Hall–Kier alpha value is -3.14. The van der Waals surface area contributed by atoms with Crippen LogP contribution in [0.5, 0.6) is 17.2 Å². The van der Waals surface area contributed by atoms with E-state index in [1.165, 1.54) is 36.3 Å². The number of rotatable bonds is 6. The van der Waals surface area contributed by atoms with Crippen LogP contribution in [0.25, 0.3) is 0 Å². The van der Waals surface area contributed by atoms with Gasteiger partial charge in [0.25, 0.3) is 11.8 Å². The first-order valence-electron chi connectivity index (χ1n) is 9.08. The van der Waals surface area contributed by atoms with Crippen molar-refractivity contribution in [3.05, 3.63) is 46.5 Å². The number of alkyl halides is 3. The molecule has 1 heterocycles. The van der Waals surface area contributed by atoms with E-state index in [2.05, 4.69) is 4.74 Å². The SMILES string of the molecule is COc1cc(C(=O)N2CCCc3cc(OC(F)(F)F)ccc32)cc(Cl)c1OCC(N)=O. The third-order valence-electron chi connectivity index (χ3n) is 4.48. The topological polar surface area (TPSA) is 91.1 Å². The van der Waals surface area contributed by atoms with Gasteiger partial charge in [-0.1, -0.05) is 11.6 Å². The lowest BCUT2D eigenvalue weighted by molar-refractivity contribution is -0.274. The molecular formula is C20H18ClF3N2O5. The first kappa shape index (κ1) is 22.5. The minimum atomic E-state index is -4.80. The van der Waals surface area contributed by atoms with Gasteiger partial charge in [-0.05, 0) is 48.7 Å². The summed E-state index contributed by atoms with van der Waals surface area (Å²) in [6.07, 6.45) is -3.75. The molecule has 0 aromatic heterocycles. The number of hydrogen-bond acceptors (Lipinski definition) is 5. The Morgan fingerprint density at radius 1 is 1.23 bits per heavy atom. The predicted octanol–water partition coefficient (Wildman–Crippen LogP) is 3.70. The Labute approximate surface area is 180 Å². The number of nitrogens with two attached hydrogens (primary N) is 1. The summed E-state index contributed by atoms with van der Waals surface area (Å²) in [5.41, 5.74) is 6.28. The Kier molecular flexibility index (Phi) is 6.49. The van der Waals surface area contributed by atoms with Gasteiger partial charge in [-0.25, -0.2) is 0 Å². The van der Waals surface area contributed by atoms with Crippen LogP contribution in [0.4, 0.5) is 18.9 Å². The fourth-order valence-corrected chi connectivity index (χ4v) is 3.53. The number of carbonyl (C=O) groups is 2. The zero-order valence-electron chi connectivity index (χ0n) is 16.3. The highest BCUT2D eigenvalue weighted by Crippen LogP contribution is 2.38. The molecule has 0 fully saturated rings. The lowest BCUT2D eigenvalue weighted by atomic mass is 10.00. The molecule has 11 heteroatoms. The van der Waals surface area contributed by atoms with Gasteiger partial charge in [0, 0.05) is 17.8 Å². The van der Waals surface area contributed by atoms with Crippen molar-refractivity contribution >= 4 is 29.1 Å². The molecule has 0 unspecified atom stereocenters. The maximum Gasteiger partial charge on any atom is 0.573 e. The summed E-state index contributed by atoms with van der Waals surface area (Å²) in [5, 5.41) is 0.0371. The molecule has 2 N–H and O–H groups in total. The van der Waals surface area contributed by atoms with Gasteiger partial charge in [-0.2, -0.15) is 0 Å². The third kappa shape index (κ3) is 5.32. The average molecular weight is 459 g/mol. The smallest absolute Gasteiger partial charge is 0.493 e. The number of hydrogen-bond donors (Lipinski definition) is 1. The second-order valence-electron chi connectivity index (χ2n) is 6.64. The van der Waals surface area contributed by atoms with Crippen molar-refractivity contribution in [1.29, 1.82) is 0 Å². The van der Waals surface area contributed by atoms with Crippen molar-refractivity contribution in [1.82, 2.24) is 0 Å². The predicted molar refractivity (Wildman–Crippen MR) is 106 cm³/mol. The Balaban J connectivity index is 1.90. The molecule has 2 amide bonds. The third-order valence-corrected chi connectivity index (χ3v) is 4.76. The van der Waals surface area contributed by atoms with E-state index in [0.717, 1.165) is 6.07 Å². The quantitative estimate of drug-likeness (QED) is 0.712. The van der Waals surface area contributed by atoms with Gasteiger partial charge in [-0.15, -0.1) is 13.2 Å². The van der Waals surface area contributed by atoms with Gasteiger partial charge in [0.2, 0.25) is 0 Å². The molecule has 0 aliphatic carbocycles.